The Balaban J connectivity index is 2.09. The normalized spacial score (nSPS) is 20.7. The summed E-state index contributed by atoms with van der Waals surface area (Å²) in [6.07, 6.45) is 1.61. The minimum atomic E-state index is -0.223. The summed E-state index contributed by atoms with van der Waals surface area (Å²) < 4.78 is 6.14. The number of benzene rings is 1. The number of nitrogen functional groups attached to an aromatic ring is 1. The molecule has 3 rings (SSSR count). The largest absolute Gasteiger partial charge is 0.399 e. The van der Waals surface area contributed by atoms with Gasteiger partial charge in [-0.1, -0.05) is 0 Å². The Kier molecular flexibility index (Phi) is 3.06. The predicted molar refractivity (Wildman–Crippen MR) is 85.4 cm³/mol. The van der Waals surface area contributed by atoms with Crippen LogP contribution in [-0.4, -0.2) is 34.3 Å². The maximum absolute atomic E-state index is 6.14. The Morgan fingerprint density at radius 3 is 2.43 bits per heavy atom. The Hall–Kier alpha value is -1.88. The van der Waals surface area contributed by atoms with Crippen molar-refractivity contribution in [2.75, 3.05) is 23.7 Å². The van der Waals surface area contributed by atoms with Crippen molar-refractivity contribution in [3.8, 4) is 0 Å². The molecule has 5 nitrogen and oxygen atoms in total. The summed E-state index contributed by atoms with van der Waals surface area (Å²) in [6.45, 7) is 10.0. The highest BCUT2D eigenvalue weighted by Gasteiger charge is 2.39. The van der Waals surface area contributed by atoms with Crippen LogP contribution in [-0.2, 0) is 4.74 Å². The maximum Gasteiger partial charge on any atom is 0.140 e. The number of ether oxygens (including phenoxy) is 1. The fraction of sp³-hybridized carbons (Fsp3) is 0.500. The van der Waals surface area contributed by atoms with Crippen molar-refractivity contribution < 1.29 is 4.74 Å². The number of aromatic nitrogens is 2. The van der Waals surface area contributed by atoms with Crippen molar-refractivity contribution in [3.63, 3.8) is 0 Å². The van der Waals surface area contributed by atoms with E-state index < -0.39 is 0 Å². The van der Waals surface area contributed by atoms with Crippen LogP contribution in [0.25, 0.3) is 10.9 Å². The van der Waals surface area contributed by atoms with Crippen molar-refractivity contribution in [2.24, 2.45) is 0 Å². The van der Waals surface area contributed by atoms with Crippen LogP contribution >= 0.6 is 0 Å². The summed E-state index contributed by atoms with van der Waals surface area (Å²) in [5.74, 6) is 0.928. The molecule has 21 heavy (non-hydrogen) atoms. The molecule has 1 aliphatic rings. The third-order valence-electron chi connectivity index (χ3n) is 3.63. The van der Waals surface area contributed by atoms with E-state index in [-0.39, 0.29) is 11.2 Å². The lowest BCUT2D eigenvalue weighted by molar-refractivity contribution is -0.133. The quantitative estimate of drug-likeness (QED) is 0.816. The molecule has 1 aromatic carbocycles. The molecule has 1 aromatic heterocycles. The van der Waals surface area contributed by atoms with Crippen LogP contribution in [0.3, 0.4) is 0 Å². The number of nitrogens with two attached hydrogens (primary N) is 1. The number of fused-ring (bicyclic) bond motifs is 1. The molecule has 0 amide bonds. The Bertz CT molecular complexity index is 665. The lowest BCUT2D eigenvalue weighted by Gasteiger charge is -2.47. The van der Waals surface area contributed by atoms with Gasteiger partial charge in [-0.15, -0.1) is 0 Å². The van der Waals surface area contributed by atoms with Crippen molar-refractivity contribution in [1.29, 1.82) is 0 Å². The average molecular weight is 286 g/mol. The van der Waals surface area contributed by atoms with Gasteiger partial charge in [0.1, 0.15) is 12.1 Å². The Labute approximate surface area is 125 Å². The summed E-state index contributed by atoms with van der Waals surface area (Å²) in [5, 5.41) is 0.992. The number of anilines is 2. The minimum absolute atomic E-state index is 0.223. The molecule has 1 aliphatic heterocycles. The molecule has 0 bridgehead atoms. The smallest absolute Gasteiger partial charge is 0.140 e. The SMILES string of the molecule is CC1(C)CN(c2ncnc3ccc(N)cc23)CC(C)(C)O1. The van der Waals surface area contributed by atoms with Gasteiger partial charge in [-0.25, -0.2) is 9.97 Å². The van der Waals surface area contributed by atoms with Crippen LogP contribution in [0.15, 0.2) is 24.5 Å². The van der Waals surface area contributed by atoms with Gasteiger partial charge in [0.2, 0.25) is 0 Å². The van der Waals surface area contributed by atoms with Crippen molar-refractivity contribution in [3.05, 3.63) is 24.5 Å². The van der Waals surface area contributed by atoms with Gasteiger partial charge in [0.15, 0.2) is 0 Å². The van der Waals surface area contributed by atoms with Gasteiger partial charge in [0, 0.05) is 24.2 Å². The summed E-state index contributed by atoms with van der Waals surface area (Å²) in [6, 6.07) is 5.75. The zero-order valence-corrected chi connectivity index (χ0v) is 13.1. The van der Waals surface area contributed by atoms with E-state index in [4.69, 9.17) is 10.5 Å². The monoisotopic (exact) mass is 286 g/mol. The molecule has 112 valence electrons. The van der Waals surface area contributed by atoms with Gasteiger partial charge in [-0.05, 0) is 45.9 Å². The first-order valence-electron chi connectivity index (χ1n) is 7.21. The van der Waals surface area contributed by atoms with E-state index in [1.54, 1.807) is 6.33 Å². The van der Waals surface area contributed by atoms with E-state index in [0.717, 1.165) is 35.5 Å². The van der Waals surface area contributed by atoms with Gasteiger partial charge in [0.05, 0.1) is 16.7 Å². The standard InChI is InChI=1S/C16H22N4O/c1-15(2)8-20(9-16(3,4)21-15)14-12-7-11(17)5-6-13(12)18-10-19-14/h5-7,10H,8-9,17H2,1-4H3. The molecule has 1 saturated heterocycles. The predicted octanol–water partition coefficient (Wildman–Crippen LogP) is 2.61. The van der Waals surface area contributed by atoms with Gasteiger partial charge in [-0.2, -0.15) is 0 Å². The number of nitrogens with zero attached hydrogens (tertiary/aromatic N) is 3. The molecule has 0 unspecified atom stereocenters. The molecule has 0 aliphatic carbocycles. The molecule has 5 heteroatoms. The first-order chi connectivity index (χ1) is 9.76. The molecule has 0 spiro atoms. The molecular weight excluding hydrogens is 264 g/mol. The molecular formula is C16H22N4O. The fourth-order valence-electron chi connectivity index (χ4n) is 3.25. The van der Waals surface area contributed by atoms with Crippen molar-refractivity contribution in [1.82, 2.24) is 9.97 Å². The second-order valence-corrected chi connectivity index (χ2v) is 6.95. The topological polar surface area (TPSA) is 64.3 Å². The molecule has 1 fully saturated rings. The zero-order chi connectivity index (χ0) is 15.3. The van der Waals surface area contributed by atoms with Gasteiger partial charge < -0.3 is 15.4 Å². The highest BCUT2D eigenvalue weighted by molar-refractivity contribution is 5.91. The molecule has 0 radical (unpaired) electrons. The first kappa shape index (κ1) is 14.1. The molecule has 2 N–H and O–H groups in total. The van der Waals surface area contributed by atoms with E-state index in [9.17, 15) is 0 Å². The number of hydrogen-bond donors (Lipinski definition) is 1. The van der Waals surface area contributed by atoms with E-state index in [1.807, 2.05) is 18.2 Å². The Morgan fingerprint density at radius 2 is 1.76 bits per heavy atom. The molecule has 2 aromatic rings. The van der Waals surface area contributed by atoms with E-state index in [1.165, 1.54) is 0 Å². The lowest BCUT2D eigenvalue weighted by atomic mass is 9.98. The molecule has 0 atom stereocenters. The van der Waals surface area contributed by atoms with E-state index >= 15 is 0 Å². The van der Waals surface area contributed by atoms with E-state index in [0.29, 0.717) is 0 Å². The van der Waals surface area contributed by atoms with Crippen LogP contribution in [0.4, 0.5) is 11.5 Å². The van der Waals surface area contributed by atoms with Gasteiger partial charge in [-0.3, -0.25) is 0 Å². The first-order valence-corrected chi connectivity index (χ1v) is 7.21. The molecule has 0 saturated carbocycles. The number of hydrogen-bond acceptors (Lipinski definition) is 5. The van der Waals surface area contributed by atoms with Crippen molar-refractivity contribution in [2.45, 2.75) is 38.9 Å². The zero-order valence-electron chi connectivity index (χ0n) is 13.1. The van der Waals surface area contributed by atoms with Crippen LogP contribution in [0.5, 0.6) is 0 Å². The summed E-state index contributed by atoms with van der Waals surface area (Å²) in [7, 11) is 0. The fourth-order valence-corrected chi connectivity index (χ4v) is 3.25. The third kappa shape index (κ3) is 2.78. The summed E-state index contributed by atoms with van der Waals surface area (Å²) in [4.78, 5) is 11.1. The second-order valence-electron chi connectivity index (χ2n) is 6.95. The summed E-state index contributed by atoms with van der Waals surface area (Å²) in [5.41, 5.74) is 7.12. The van der Waals surface area contributed by atoms with Crippen LogP contribution < -0.4 is 10.6 Å². The van der Waals surface area contributed by atoms with Crippen LogP contribution in [0.1, 0.15) is 27.7 Å². The van der Waals surface area contributed by atoms with Gasteiger partial charge >= 0.3 is 0 Å². The number of rotatable bonds is 1. The van der Waals surface area contributed by atoms with Crippen LogP contribution in [0.2, 0.25) is 0 Å². The Morgan fingerprint density at radius 1 is 1.10 bits per heavy atom. The minimum Gasteiger partial charge on any atom is -0.399 e. The van der Waals surface area contributed by atoms with Crippen molar-refractivity contribution >= 4 is 22.4 Å². The lowest BCUT2D eigenvalue weighted by Crippen LogP contribution is -2.57. The highest BCUT2D eigenvalue weighted by Crippen LogP contribution is 2.33. The molecule has 2 heterocycles. The third-order valence-corrected chi connectivity index (χ3v) is 3.63. The average Bonchev–Trinajstić information content (AvgIpc) is 2.34. The second kappa shape index (κ2) is 4.56. The maximum atomic E-state index is 6.14. The van der Waals surface area contributed by atoms with E-state index in [2.05, 4.69) is 42.6 Å². The highest BCUT2D eigenvalue weighted by atomic mass is 16.5. The number of morpholine rings is 1. The van der Waals surface area contributed by atoms with Crippen LogP contribution in [0, 0.1) is 0 Å². The van der Waals surface area contributed by atoms with Gasteiger partial charge in [0.25, 0.3) is 0 Å². The summed E-state index contributed by atoms with van der Waals surface area (Å²) >= 11 is 0.